The number of sulfonamides is 1. The van der Waals surface area contributed by atoms with Gasteiger partial charge in [0.2, 0.25) is 10.0 Å². The third-order valence-electron chi connectivity index (χ3n) is 3.40. The molecule has 9 heteroatoms. The van der Waals surface area contributed by atoms with Gasteiger partial charge >= 0.3 is 12.0 Å². The predicted octanol–water partition coefficient (Wildman–Crippen LogP) is 1.04. The fourth-order valence-electron chi connectivity index (χ4n) is 1.83. The highest BCUT2D eigenvalue weighted by Gasteiger charge is 2.26. The molecule has 0 bridgehead atoms. The Morgan fingerprint density at radius 1 is 1.26 bits per heavy atom. The van der Waals surface area contributed by atoms with Crippen LogP contribution in [0.2, 0.25) is 0 Å². The third-order valence-corrected chi connectivity index (χ3v) is 4.32. The van der Waals surface area contributed by atoms with Crippen LogP contribution >= 0.6 is 0 Å². The van der Waals surface area contributed by atoms with Crippen LogP contribution in [0.4, 0.5) is 10.5 Å². The largest absolute Gasteiger partial charge is 0.467 e. The molecule has 23 heavy (non-hydrogen) atoms. The number of ether oxygens (including phenoxy) is 1. The minimum atomic E-state index is -3.79. The van der Waals surface area contributed by atoms with Crippen molar-refractivity contribution >= 4 is 27.7 Å². The number of hydrogen-bond donors (Lipinski definition) is 3. The van der Waals surface area contributed by atoms with Crippen molar-refractivity contribution in [1.82, 2.24) is 5.32 Å². The maximum atomic E-state index is 12.0. The maximum Gasteiger partial charge on any atom is 0.328 e. The van der Waals surface area contributed by atoms with Crippen LogP contribution in [0.5, 0.6) is 0 Å². The predicted molar refractivity (Wildman–Crippen MR) is 85.2 cm³/mol. The van der Waals surface area contributed by atoms with Gasteiger partial charge < -0.3 is 15.4 Å². The number of carbonyl (C=O) groups is 2. The first-order valence-corrected chi connectivity index (χ1v) is 8.51. The Labute approximate surface area is 135 Å². The van der Waals surface area contributed by atoms with Crippen LogP contribution in [-0.2, 0) is 19.6 Å². The van der Waals surface area contributed by atoms with Crippen LogP contribution in [0.25, 0.3) is 0 Å². The molecule has 0 saturated carbocycles. The number of amides is 2. The molecule has 2 atom stereocenters. The molecule has 4 N–H and O–H groups in total. The Bertz CT molecular complexity index is 657. The zero-order valence-electron chi connectivity index (χ0n) is 13.2. The third kappa shape index (κ3) is 5.53. The number of methoxy groups -OCH3 is 1. The maximum absolute atomic E-state index is 12.0. The lowest BCUT2D eigenvalue weighted by Gasteiger charge is -2.22. The smallest absolute Gasteiger partial charge is 0.328 e. The lowest BCUT2D eigenvalue weighted by atomic mass is 9.99. The van der Waals surface area contributed by atoms with E-state index in [0.29, 0.717) is 12.1 Å². The van der Waals surface area contributed by atoms with Gasteiger partial charge in [-0.2, -0.15) is 0 Å². The van der Waals surface area contributed by atoms with Gasteiger partial charge in [-0.25, -0.2) is 23.1 Å². The highest BCUT2D eigenvalue weighted by molar-refractivity contribution is 7.89. The molecule has 0 aliphatic carbocycles. The van der Waals surface area contributed by atoms with Crippen molar-refractivity contribution in [2.75, 3.05) is 12.4 Å². The zero-order chi connectivity index (χ0) is 17.6. The number of primary sulfonamides is 1. The summed E-state index contributed by atoms with van der Waals surface area (Å²) in [6, 6.07) is 3.98. The molecule has 0 aliphatic heterocycles. The quantitative estimate of drug-likeness (QED) is 0.665. The molecule has 1 rings (SSSR count). The molecule has 0 aromatic heterocycles. The normalized spacial score (nSPS) is 13.7. The molecular formula is C14H21N3O5S. The molecule has 0 radical (unpaired) electrons. The first kappa shape index (κ1) is 18.9. The number of nitrogens with two attached hydrogens (primary N) is 1. The van der Waals surface area contributed by atoms with E-state index in [1.807, 2.05) is 13.8 Å². The summed E-state index contributed by atoms with van der Waals surface area (Å²) in [5.41, 5.74) is 0.364. The molecule has 1 aromatic carbocycles. The van der Waals surface area contributed by atoms with Crippen molar-refractivity contribution in [2.45, 2.75) is 31.2 Å². The molecule has 0 fully saturated rings. The van der Waals surface area contributed by atoms with Crippen molar-refractivity contribution in [1.29, 1.82) is 0 Å². The standard InChI is InChI=1S/C14H21N3O5S/c1-4-9(2)12(13(18)22-3)17-14(19)16-10-5-7-11(8-6-10)23(15,20)21/h5-9,12H,4H2,1-3H3,(H2,15,20,21)(H2,16,17,19)/t9-,12-/m0/s1. The lowest BCUT2D eigenvalue weighted by Crippen LogP contribution is -2.47. The van der Waals surface area contributed by atoms with E-state index in [2.05, 4.69) is 15.4 Å². The van der Waals surface area contributed by atoms with Crippen molar-refractivity contribution in [3.05, 3.63) is 24.3 Å². The Morgan fingerprint density at radius 3 is 2.26 bits per heavy atom. The Balaban J connectivity index is 2.76. The molecular weight excluding hydrogens is 322 g/mol. The SMILES string of the molecule is CC[C@H](C)[C@H](NC(=O)Nc1ccc(S(N)(=O)=O)cc1)C(=O)OC. The highest BCUT2D eigenvalue weighted by Crippen LogP contribution is 2.13. The van der Waals surface area contributed by atoms with E-state index in [1.165, 1.54) is 31.4 Å². The van der Waals surface area contributed by atoms with Gasteiger partial charge in [-0.1, -0.05) is 20.3 Å². The summed E-state index contributed by atoms with van der Waals surface area (Å²) in [5.74, 6) is -0.628. The average molecular weight is 343 g/mol. The summed E-state index contributed by atoms with van der Waals surface area (Å²) >= 11 is 0. The summed E-state index contributed by atoms with van der Waals surface area (Å²) in [6.07, 6.45) is 0.684. The van der Waals surface area contributed by atoms with Crippen LogP contribution in [0.1, 0.15) is 20.3 Å². The molecule has 8 nitrogen and oxygen atoms in total. The first-order valence-electron chi connectivity index (χ1n) is 6.97. The van der Waals surface area contributed by atoms with Crippen molar-refractivity contribution in [3.8, 4) is 0 Å². The Morgan fingerprint density at radius 2 is 1.83 bits per heavy atom. The van der Waals surface area contributed by atoms with Gasteiger partial charge in [0.1, 0.15) is 6.04 Å². The molecule has 0 unspecified atom stereocenters. The summed E-state index contributed by atoms with van der Waals surface area (Å²) < 4.78 is 27.0. The molecule has 2 amide bonds. The fraction of sp³-hybridized carbons (Fsp3) is 0.429. The Kier molecular flexibility index (Phi) is 6.52. The first-order chi connectivity index (χ1) is 10.7. The number of rotatable bonds is 6. The van der Waals surface area contributed by atoms with E-state index in [0.717, 1.165) is 0 Å². The van der Waals surface area contributed by atoms with E-state index in [-0.39, 0.29) is 10.8 Å². The number of urea groups is 1. The molecule has 0 spiro atoms. The van der Waals surface area contributed by atoms with Gasteiger partial charge in [-0.15, -0.1) is 0 Å². The van der Waals surface area contributed by atoms with Crippen molar-refractivity contribution in [2.24, 2.45) is 11.1 Å². The second-order valence-electron chi connectivity index (χ2n) is 5.05. The minimum Gasteiger partial charge on any atom is -0.467 e. The molecule has 0 aliphatic rings. The Hall–Kier alpha value is -2.13. The number of anilines is 1. The van der Waals surface area contributed by atoms with Gasteiger partial charge in [0, 0.05) is 5.69 Å². The van der Waals surface area contributed by atoms with Crippen molar-refractivity contribution in [3.63, 3.8) is 0 Å². The van der Waals surface area contributed by atoms with Crippen LogP contribution in [0, 0.1) is 5.92 Å². The second kappa shape index (κ2) is 7.93. The van der Waals surface area contributed by atoms with Crippen LogP contribution in [-0.4, -0.2) is 33.6 Å². The van der Waals surface area contributed by atoms with Gasteiger partial charge in [0.25, 0.3) is 0 Å². The summed E-state index contributed by atoms with van der Waals surface area (Å²) in [4.78, 5) is 23.6. The van der Waals surface area contributed by atoms with E-state index < -0.39 is 28.1 Å². The van der Waals surface area contributed by atoms with E-state index >= 15 is 0 Å². The number of hydrogen-bond acceptors (Lipinski definition) is 5. The fourth-order valence-corrected chi connectivity index (χ4v) is 2.35. The molecule has 0 saturated heterocycles. The van der Waals surface area contributed by atoms with Gasteiger partial charge in [-0.05, 0) is 30.2 Å². The van der Waals surface area contributed by atoms with E-state index in [9.17, 15) is 18.0 Å². The van der Waals surface area contributed by atoms with E-state index in [4.69, 9.17) is 5.14 Å². The van der Waals surface area contributed by atoms with Crippen LogP contribution in [0.3, 0.4) is 0 Å². The minimum absolute atomic E-state index is 0.0597. The zero-order valence-corrected chi connectivity index (χ0v) is 14.0. The second-order valence-corrected chi connectivity index (χ2v) is 6.62. The topological polar surface area (TPSA) is 128 Å². The van der Waals surface area contributed by atoms with Crippen LogP contribution < -0.4 is 15.8 Å². The summed E-state index contributed by atoms with van der Waals surface area (Å²) in [7, 11) is -2.53. The molecule has 1 aromatic rings. The number of carbonyl (C=O) groups excluding carboxylic acids is 2. The molecule has 128 valence electrons. The molecule has 0 heterocycles. The summed E-state index contributed by atoms with van der Waals surface area (Å²) in [6.45, 7) is 3.72. The average Bonchev–Trinajstić information content (AvgIpc) is 2.50. The van der Waals surface area contributed by atoms with Gasteiger partial charge in [-0.3, -0.25) is 0 Å². The lowest BCUT2D eigenvalue weighted by molar-refractivity contribution is -0.144. The summed E-state index contributed by atoms with van der Waals surface area (Å²) in [5, 5.41) is 10.1. The highest BCUT2D eigenvalue weighted by atomic mass is 32.2. The van der Waals surface area contributed by atoms with E-state index in [1.54, 1.807) is 0 Å². The number of nitrogens with one attached hydrogen (secondary N) is 2. The van der Waals surface area contributed by atoms with Gasteiger partial charge in [0.15, 0.2) is 0 Å². The van der Waals surface area contributed by atoms with Crippen molar-refractivity contribution < 1.29 is 22.7 Å². The van der Waals surface area contributed by atoms with Gasteiger partial charge in [0.05, 0.1) is 12.0 Å². The van der Waals surface area contributed by atoms with Crippen LogP contribution in [0.15, 0.2) is 29.2 Å². The number of benzene rings is 1. The monoisotopic (exact) mass is 343 g/mol. The number of esters is 1.